The smallest absolute Gasteiger partial charge is 0.311 e. The fourth-order valence-corrected chi connectivity index (χ4v) is 8.29. The predicted molar refractivity (Wildman–Crippen MR) is 161 cm³/mol. The third-order valence-corrected chi connectivity index (χ3v) is 10.9. The van der Waals surface area contributed by atoms with Crippen LogP contribution in [0.15, 0.2) is 0 Å². The van der Waals surface area contributed by atoms with Gasteiger partial charge in [0, 0.05) is 23.8 Å². The number of hydrogen-bond acceptors (Lipinski definition) is 11. The minimum atomic E-state index is -1.30. The van der Waals surface area contributed by atoms with Crippen molar-refractivity contribution in [3.05, 3.63) is 0 Å². The molecule has 0 spiro atoms. The van der Waals surface area contributed by atoms with Crippen molar-refractivity contribution in [1.82, 2.24) is 4.90 Å². The Morgan fingerprint density at radius 3 is 2.23 bits per heavy atom. The Labute approximate surface area is 262 Å². The zero-order valence-electron chi connectivity index (χ0n) is 28.4. The average molecular weight is 626 g/mol. The first-order valence-corrected chi connectivity index (χ1v) is 16.3. The molecule has 4 fully saturated rings. The molecule has 3 unspecified atom stereocenters. The van der Waals surface area contributed by atoms with Gasteiger partial charge < -0.3 is 38.4 Å². The van der Waals surface area contributed by atoms with Gasteiger partial charge >= 0.3 is 5.97 Å². The van der Waals surface area contributed by atoms with E-state index in [1.807, 2.05) is 67.5 Å². The highest BCUT2D eigenvalue weighted by Gasteiger charge is 2.59. The van der Waals surface area contributed by atoms with Crippen LogP contribution in [0, 0.1) is 29.6 Å². The summed E-state index contributed by atoms with van der Waals surface area (Å²) in [7, 11) is 3.84. The van der Waals surface area contributed by atoms with Crippen LogP contribution in [0.1, 0.15) is 75.2 Å². The summed E-state index contributed by atoms with van der Waals surface area (Å²) in [6.45, 7) is 16.5. The fourth-order valence-electron chi connectivity index (χ4n) is 8.29. The molecule has 4 saturated heterocycles. The maximum atomic E-state index is 13.8. The quantitative estimate of drug-likeness (QED) is 0.463. The predicted octanol–water partition coefficient (Wildman–Crippen LogP) is 2.78. The molecule has 4 bridgehead atoms. The lowest BCUT2D eigenvalue weighted by Crippen LogP contribution is -2.62. The number of carbonyl (C=O) groups excluding carboxylic acids is 3. The first kappa shape index (κ1) is 35.4. The molecule has 0 aromatic carbocycles. The highest BCUT2D eigenvalue weighted by Crippen LogP contribution is 2.45. The minimum Gasteiger partial charge on any atom is -0.459 e. The summed E-state index contributed by atoms with van der Waals surface area (Å²) in [5.41, 5.74) is -2.41. The Morgan fingerprint density at radius 1 is 0.955 bits per heavy atom. The molecule has 0 amide bonds. The molecule has 0 aliphatic carbocycles. The van der Waals surface area contributed by atoms with Gasteiger partial charge in [-0.25, -0.2) is 0 Å². The molecule has 1 N–H and O–H groups in total. The third kappa shape index (κ3) is 6.39. The van der Waals surface area contributed by atoms with Crippen molar-refractivity contribution in [2.24, 2.45) is 29.6 Å². The summed E-state index contributed by atoms with van der Waals surface area (Å²) in [5.74, 6) is -2.88. The lowest BCUT2D eigenvalue weighted by Gasteiger charge is -2.50. The SMILES string of the molecule is CC[C@H]1OC(=O)[C@H](C)[C@H]2OCC(=O)CO[C@](C)(C[C@@H](C)C3OC1(C)C(=O)C3C)[C@H](O[C@@H]1O[C@H](C)[C@@H](C)[C@H](N(C)C)[C@H]1O)[C@H]2C. The van der Waals surface area contributed by atoms with Gasteiger partial charge in [0.1, 0.15) is 25.4 Å². The molecular weight excluding hydrogens is 570 g/mol. The van der Waals surface area contributed by atoms with Crippen molar-refractivity contribution >= 4 is 17.5 Å². The van der Waals surface area contributed by atoms with Crippen molar-refractivity contribution in [3.8, 4) is 0 Å². The number of fused-ring (bicyclic) bond motifs is 5. The van der Waals surface area contributed by atoms with E-state index < -0.39 is 71.7 Å². The minimum absolute atomic E-state index is 0.0323. The maximum Gasteiger partial charge on any atom is 0.311 e. The highest BCUT2D eigenvalue weighted by molar-refractivity contribution is 5.92. The number of carbonyl (C=O) groups is 3. The van der Waals surface area contributed by atoms with Crippen molar-refractivity contribution in [2.45, 2.75) is 135 Å². The number of rotatable bonds is 4. The van der Waals surface area contributed by atoms with Crippen molar-refractivity contribution in [1.29, 1.82) is 0 Å². The molecular formula is C33H55NO10. The normalized spacial score (nSPS) is 49.4. The van der Waals surface area contributed by atoms with Gasteiger partial charge in [-0.2, -0.15) is 0 Å². The van der Waals surface area contributed by atoms with E-state index in [1.165, 1.54) is 0 Å². The number of Topliss-reactive ketones (excluding diaryl/α,β-unsaturated/α-hetero) is 2. The van der Waals surface area contributed by atoms with Gasteiger partial charge in [0.05, 0.1) is 35.9 Å². The van der Waals surface area contributed by atoms with Gasteiger partial charge in [0.2, 0.25) is 0 Å². The Balaban J connectivity index is 1.83. The highest BCUT2D eigenvalue weighted by atomic mass is 16.7. The van der Waals surface area contributed by atoms with Crippen molar-refractivity contribution in [2.75, 3.05) is 27.3 Å². The lowest BCUT2D eigenvalue weighted by molar-refractivity contribution is -0.312. The molecule has 44 heavy (non-hydrogen) atoms. The van der Waals surface area contributed by atoms with Crippen LogP contribution in [0.3, 0.4) is 0 Å². The van der Waals surface area contributed by atoms with Crippen LogP contribution in [0.25, 0.3) is 0 Å². The summed E-state index contributed by atoms with van der Waals surface area (Å²) >= 11 is 0. The van der Waals surface area contributed by atoms with Crippen molar-refractivity contribution in [3.63, 3.8) is 0 Å². The van der Waals surface area contributed by atoms with Gasteiger partial charge in [-0.05, 0) is 60.5 Å². The van der Waals surface area contributed by atoms with E-state index in [2.05, 4.69) is 0 Å². The number of cyclic esters (lactones) is 1. The molecule has 15 atom stereocenters. The standard InChI is InChI=1S/C33H55NO10/c1-12-23-33(9)28(37)18(4)26(44-33)16(2)13-32(8)29(43-31-25(36)24(34(10)11)17(3)21(7)41-31)19(5)27(20(6)30(38)42-23)39-14-22(35)15-40-32/h16-21,23-27,29,31,36H,12-15H2,1-11H3/t16-,17-,18?,19+,20-,21-,23-,24+,25-,26?,27+,29-,31+,32-,33?/m1/s1. The van der Waals surface area contributed by atoms with E-state index in [1.54, 1.807) is 13.8 Å². The van der Waals surface area contributed by atoms with E-state index in [0.29, 0.717) is 12.8 Å². The fraction of sp³-hybridized carbons (Fsp3) is 0.909. The number of aliphatic hydroxyl groups is 1. The second-order valence-corrected chi connectivity index (χ2v) is 14.5. The summed E-state index contributed by atoms with van der Waals surface area (Å²) < 4.78 is 38.3. The van der Waals surface area contributed by atoms with Crippen molar-refractivity contribution < 1.29 is 47.9 Å². The van der Waals surface area contributed by atoms with Gasteiger partial charge in [0.25, 0.3) is 0 Å². The monoisotopic (exact) mass is 625 g/mol. The number of ether oxygens (including phenoxy) is 6. The average Bonchev–Trinajstić information content (AvgIpc) is 3.21. The largest absolute Gasteiger partial charge is 0.459 e. The summed E-state index contributed by atoms with van der Waals surface area (Å²) in [5, 5.41) is 11.6. The van der Waals surface area contributed by atoms with E-state index in [9.17, 15) is 19.5 Å². The Hall–Kier alpha value is -1.47. The third-order valence-electron chi connectivity index (χ3n) is 10.9. The van der Waals surface area contributed by atoms with Crippen LogP contribution >= 0.6 is 0 Å². The first-order valence-electron chi connectivity index (χ1n) is 16.3. The molecule has 4 aliphatic heterocycles. The van der Waals surface area contributed by atoms with Crippen LogP contribution in [0.2, 0.25) is 0 Å². The lowest BCUT2D eigenvalue weighted by atomic mass is 9.75. The summed E-state index contributed by atoms with van der Waals surface area (Å²) in [6, 6.07) is -0.236. The van der Waals surface area contributed by atoms with Crippen LogP contribution in [-0.2, 0) is 42.8 Å². The molecule has 0 radical (unpaired) electrons. The molecule has 0 aromatic rings. The number of likely N-dealkylation sites (N-methyl/N-ethyl adjacent to an activating group) is 1. The van der Waals surface area contributed by atoms with Gasteiger partial charge in [-0.3, -0.25) is 14.4 Å². The van der Waals surface area contributed by atoms with E-state index in [-0.39, 0.29) is 48.8 Å². The molecule has 4 aliphatic rings. The van der Waals surface area contributed by atoms with Crippen LogP contribution in [0.5, 0.6) is 0 Å². The first-order chi connectivity index (χ1) is 20.5. The van der Waals surface area contributed by atoms with E-state index in [4.69, 9.17) is 28.4 Å². The van der Waals surface area contributed by atoms with E-state index >= 15 is 0 Å². The summed E-state index contributed by atoms with van der Waals surface area (Å²) in [6.07, 6.45) is -4.31. The Kier molecular flexibility index (Phi) is 10.7. The molecule has 11 heteroatoms. The van der Waals surface area contributed by atoms with E-state index in [0.717, 1.165) is 0 Å². The second-order valence-electron chi connectivity index (χ2n) is 14.5. The van der Waals surface area contributed by atoms with Crippen LogP contribution in [0.4, 0.5) is 0 Å². The topological polar surface area (TPSA) is 130 Å². The number of hydrogen-bond donors (Lipinski definition) is 1. The zero-order chi connectivity index (χ0) is 32.9. The maximum absolute atomic E-state index is 13.8. The Bertz CT molecular complexity index is 1070. The molecule has 252 valence electrons. The Morgan fingerprint density at radius 2 is 1.61 bits per heavy atom. The molecule has 4 heterocycles. The van der Waals surface area contributed by atoms with Crippen LogP contribution in [-0.4, -0.2) is 115 Å². The second kappa shape index (κ2) is 13.3. The number of nitrogens with zero attached hydrogens (tertiary/aromatic N) is 1. The summed E-state index contributed by atoms with van der Waals surface area (Å²) in [4.78, 5) is 42.4. The molecule has 4 rings (SSSR count). The number of aliphatic hydroxyl groups excluding tert-OH is 1. The van der Waals surface area contributed by atoms with Gasteiger partial charge in [-0.1, -0.05) is 34.6 Å². The van der Waals surface area contributed by atoms with Gasteiger partial charge in [-0.15, -0.1) is 0 Å². The molecule has 11 nitrogen and oxygen atoms in total. The number of esters is 1. The van der Waals surface area contributed by atoms with Gasteiger partial charge in [0.15, 0.2) is 23.5 Å². The molecule has 0 aromatic heterocycles. The van der Waals surface area contributed by atoms with Crippen LogP contribution < -0.4 is 0 Å². The molecule has 0 saturated carbocycles. The zero-order valence-corrected chi connectivity index (χ0v) is 28.4. The number of ketones is 2.